The van der Waals surface area contributed by atoms with Gasteiger partial charge in [0.1, 0.15) is 17.5 Å². The van der Waals surface area contributed by atoms with Gasteiger partial charge in [-0.3, -0.25) is 14.4 Å². The molecule has 2 heterocycles. The van der Waals surface area contributed by atoms with Crippen molar-refractivity contribution in [3.63, 3.8) is 0 Å². The van der Waals surface area contributed by atoms with Gasteiger partial charge in [-0.1, -0.05) is 13.8 Å². The molecule has 0 saturated heterocycles. The monoisotopic (exact) mass is 368 g/mol. The minimum Gasteiger partial charge on any atom is -0.358 e. The lowest BCUT2D eigenvalue weighted by atomic mass is 10.1. The van der Waals surface area contributed by atoms with Gasteiger partial charge in [0.2, 0.25) is 0 Å². The van der Waals surface area contributed by atoms with E-state index < -0.39 is 11.9 Å². The first-order valence-corrected chi connectivity index (χ1v) is 8.00. The van der Waals surface area contributed by atoms with Crippen LogP contribution < -0.4 is 10.8 Å². The number of anilines is 1. The van der Waals surface area contributed by atoms with Crippen LogP contribution in [-0.2, 0) is 11.2 Å². The molecule has 1 amide bonds. The molecule has 0 aromatic carbocycles. The van der Waals surface area contributed by atoms with Crippen molar-refractivity contribution >= 4 is 33.3 Å². The topological polar surface area (TPSA) is 78.7 Å². The van der Waals surface area contributed by atoms with Crippen LogP contribution in [0.25, 0.3) is 5.65 Å². The van der Waals surface area contributed by atoms with Gasteiger partial charge in [0, 0.05) is 10.7 Å². The van der Waals surface area contributed by atoms with Gasteiger partial charge in [0.05, 0.1) is 5.69 Å². The number of rotatable bonds is 5. The zero-order valence-electron chi connectivity index (χ0n) is 13.1. The standard InChI is InChI=1S/C15H21BrN4O2/c1-8(2)5-12-14(17-10(4)15(21)19-22)20-7-11(16)6-9(3)13(20)18-12/h6-8,10,17,22H,5H2,1-4H3,(H,19,21). The molecule has 0 spiro atoms. The van der Waals surface area contributed by atoms with Crippen molar-refractivity contribution in [2.75, 3.05) is 5.32 Å². The van der Waals surface area contributed by atoms with Crippen LogP contribution in [0.4, 0.5) is 5.82 Å². The third-order valence-corrected chi connectivity index (χ3v) is 3.83. The molecule has 0 aliphatic rings. The van der Waals surface area contributed by atoms with E-state index in [1.807, 2.05) is 23.6 Å². The first-order valence-electron chi connectivity index (χ1n) is 7.21. The molecule has 22 heavy (non-hydrogen) atoms. The maximum Gasteiger partial charge on any atom is 0.265 e. The lowest BCUT2D eigenvalue weighted by Gasteiger charge is -2.15. The number of carbonyl (C=O) groups is 1. The fourth-order valence-corrected chi connectivity index (χ4v) is 2.91. The third kappa shape index (κ3) is 3.41. The molecule has 1 atom stereocenters. The number of pyridine rings is 1. The summed E-state index contributed by atoms with van der Waals surface area (Å²) in [6, 6.07) is 1.44. The fourth-order valence-electron chi connectivity index (χ4n) is 2.36. The number of halogens is 1. The number of nitrogens with one attached hydrogen (secondary N) is 2. The Labute approximate surface area is 138 Å². The first-order chi connectivity index (χ1) is 10.3. The number of hydrogen-bond donors (Lipinski definition) is 3. The van der Waals surface area contributed by atoms with Crippen LogP contribution in [-0.4, -0.2) is 26.5 Å². The van der Waals surface area contributed by atoms with Crippen molar-refractivity contribution in [1.82, 2.24) is 14.9 Å². The summed E-state index contributed by atoms with van der Waals surface area (Å²) in [5.41, 5.74) is 4.49. The number of aryl methyl sites for hydroxylation is 1. The Morgan fingerprint density at radius 1 is 1.45 bits per heavy atom. The van der Waals surface area contributed by atoms with Crippen molar-refractivity contribution in [3.8, 4) is 0 Å². The highest BCUT2D eigenvalue weighted by molar-refractivity contribution is 9.10. The number of fused-ring (bicyclic) bond motifs is 1. The van der Waals surface area contributed by atoms with Gasteiger partial charge in [-0.2, -0.15) is 0 Å². The Bertz CT molecular complexity index is 696. The molecule has 0 radical (unpaired) electrons. The van der Waals surface area contributed by atoms with Crippen LogP contribution in [0.15, 0.2) is 16.7 Å². The van der Waals surface area contributed by atoms with Gasteiger partial charge in [0.15, 0.2) is 0 Å². The van der Waals surface area contributed by atoms with Gasteiger partial charge in [0.25, 0.3) is 5.91 Å². The van der Waals surface area contributed by atoms with Crippen LogP contribution in [0.2, 0.25) is 0 Å². The molecule has 1 unspecified atom stereocenters. The van der Waals surface area contributed by atoms with Crippen molar-refractivity contribution in [1.29, 1.82) is 0 Å². The van der Waals surface area contributed by atoms with Gasteiger partial charge in [-0.15, -0.1) is 0 Å². The Morgan fingerprint density at radius 2 is 2.14 bits per heavy atom. The van der Waals surface area contributed by atoms with E-state index in [0.717, 1.165) is 33.6 Å². The van der Waals surface area contributed by atoms with Crippen LogP contribution in [0.5, 0.6) is 0 Å². The zero-order chi connectivity index (χ0) is 16.4. The predicted molar refractivity (Wildman–Crippen MR) is 89.2 cm³/mol. The van der Waals surface area contributed by atoms with Gasteiger partial charge in [-0.05, 0) is 53.7 Å². The summed E-state index contributed by atoms with van der Waals surface area (Å²) in [6.07, 6.45) is 2.72. The van der Waals surface area contributed by atoms with E-state index in [1.165, 1.54) is 0 Å². The summed E-state index contributed by atoms with van der Waals surface area (Å²) in [5, 5.41) is 11.9. The van der Waals surface area contributed by atoms with Crippen LogP contribution >= 0.6 is 15.9 Å². The SMILES string of the molecule is Cc1cc(Br)cn2c(NC(C)C(=O)NO)c(CC(C)C)nc12. The van der Waals surface area contributed by atoms with E-state index in [2.05, 4.69) is 35.1 Å². The molecular weight excluding hydrogens is 348 g/mol. The second-order valence-corrected chi connectivity index (χ2v) is 6.80. The second kappa shape index (κ2) is 6.66. The average molecular weight is 369 g/mol. The second-order valence-electron chi connectivity index (χ2n) is 5.88. The number of amides is 1. The van der Waals surface area contributed by atoms with Crippen molar-refractivity contribution < 1.29 is 10.0 Å². The van der Waals surface area contributed by atoms with E-state index in [4.69, 9.17) is 10.2 Å². The number of hydrogen-bond acceptors (Lipinski definition) is 4. The summed E-state index contributed by atoms with van der Waals surface area (Å²) in [7, 11) is 0. The number of carbonyl (C=O) groups excluding carboxylic acids is 1. The minimum absolute atomic E-state index is 0.441. The highest BCUT2D eigenvalue weighted by atomic mass is 79.9. The molecule has 7 heteroatoms. The molecule has 0 fully saturated rings. The molecular formula is C15H21BrN4O2. The molecule has 0 saturated carbocycles. The van der Waals surface area contributed by atoms with Crippen molar-refractivity contribution in [3.05, 3.63) is 28.0 Å². The summed E-state index contributed by atoms with van der Waals surface area (Å²) in [5.74, 6) is 0.734. The van der Waals surface area contributed by atoms with Gasteiger partial charge < -0.3 is 5.32 Å². The van der Waals surface area contributed by atoms with Crippen molar-refractivity contribution in [2.45, 2.75) is 40.2 Å². The van der Waals surface area contributed by atoms with Crippen LogP contribution in [0.3, 0.4) is 0 Å². The molecule has 3 N–H and O–H groups in total. The predicted octanol–water partition coefficient (Wildman–Crippen LogP) is 2.91. The average Bonchev–Trinajstić information content (AvgIpc) is 2.75. The van der Waals surface area contributed by atoms with E-state index in [0.29, 0.717) is 5.92 Å². The molecule has 6 nitrogen and oxygen atoms in total. The van der Waals surface area contributed by atoms with E-state index in [1.54, 1.807) is 12.4 Å². The first kappa shape index (κ1) is 16.8. The Kier molecular flexibility index (Phi) is 5.08. The normalized spacial score (nSPS) is 12.7. The van der Waals surface area contributed by atoms with Gasteiger partial charge >= 0.3 is 0 Å². The highest BCUT2D eigenvalue weighted by Crippen LogP contribution is 2.26. The Balaban J connectivity index is 2.54. The molecule has 120 valence electrons. The van der Waals surface area contributed by atoms with E-state index >= 15 is 0 Å². The smallest absolute Gasteiger partial charge is 0.265 e. The van der Waals surface area contributed by atoms with E-state index in [9.17, 15) is 4.79 Å². The number of imidazole rings is 1. The van der Waals surface area contributed by atoms with Crippen molar-refractivity contribution in [2.24, 2.45) is 5.92 Å². The maximum atomic E-state index is 11.6. The lowest BCUT2D eigenvalue weighted by molar-refractivity contribution is -0.129. The third-order valence-electron chi connectivity index (χ3n) is 3.40. The zero-order valence-corrected chi connectivity index (χ0v) is 14.7. The number of aromatic nitrogens is 2. The highest BCUT2D eigenvalue weighted by Gasteiger charge is 2.19. The van der Waals surface area contributed by atoms with Crippen LogP contribution in [0.1, 0.15) is 32.0 Å². The molecule has 2 aromatic rings. The van der Waals surface area contributed by atoms with E-state index in [-0.39, 0.29) is 0 Å². The summed E-state index contributed by atoms with van der Waals surface area (Å²) in [4.78, 5) is 16.3. The Morgan fingerprint density at radius 3 is 2.73 bits per heavy atom. The summed E-state index contributed by atoms with van der Waals surface area (Å²) < 4.78 is 2.88. The Hall–Kier alpha value is -1.60. The molecule has 2 aromatic heterocycles. The molecule has 0 bridgehead atoms. The maximum absolute atomic E-state index is 11.6. The fraction of sp³-hybridized carbons (Fsp3) is 0.467. The number of hydroxylamine groups is 1. The quantitative estimate of drug-likeness (QED) is 0.559. The number of nitrogens with zero attached hydrogens (tertiary/aromatic N) is 2. The summed E-state index contributed by atoms with van der Waals surface area (Å²) >= 11 is 3.49. The largest absolute Gasteiger partial charge is 0.358 e. The molecule has 2 rings (SSSR count). The van der Waals surface area contributed by atoms with Crippen LogP contribution in [0, 0.1) is 12.8 Å². The molecule has 0 aliphatic carbocycles. The van der Waals surface area contributed by atoms with Gasteiger partial charge in [-0.25, -0.2) is 10.5 Å². The molecule has 0 aliphatic heterocycles. The minimum atomic E-state index is -0.574. The summed E-state index contributed by atoms with van der Waals surface area (Å²) in [6.45, 7) is 7.94. The lowest BCUT2D eigenvalue weighted by Crippen LogP contribution is -2.36.